The van der Waals surface area contributed by atoms with Crippen molar-refractivity contribution in [2.24, 2.45) is 0 Å². The summed E-state index contributed by atoms with van der Waals surface area (Å²) in [5.74, 6) is -0.633. The van der Waals surface area contributed by atoms with Gasteiger partial charge in [0.2, 0.25) is 5.78 Å². The fourth-order valence-electron chi connectivity index (χ4n) is 6.48. The van der Waals surface area contributed by atoms with Crippen molar-refractivity contribution in [1.29, 1.82) is 0 Å². The molecule has 0 saturated heterocycles. The minimum absolute atomic E-state index is 0.0880. The molecule has 0 aromatic heterocycles. The average Bonchev–Trinajstić information content (AvgIpc) is 3.01. The fraction of sp³-hybridized carbons (Fsp3) is 0. The SMILES string of the molecule is O=C1c2cc([N+](=O)[O-])ccc2-c2cc(-c3cc4c5c(c([N+](=O)[O-])ccc5c3)C(=O)c3ccccc3-4)cc3cccc1c23. The van der Waals surface area contributed by atoms with Gasteiger partial charge in [-0.2, -0.15) is 0 Å². The fourth-order valence-corrected chi connectivity index (χ4v) is 6.48. The van der Waals surface area contributed by atoms with Gasteiger partial charge in [0.1, 0.15) is 5.56 Å². The second-order valence-corrected chi connectivity index (χ2v) is 10.5. The van der Waals surface area contributed by atoms with Crippen LogP contribution in [-0.2, 0) is 0 Å². The van der Waals surface area contributed by atoms with Gasteiger partial charge in [0, 0.05) is 45.7 Å². The molecule has 2 aliphatic rings. The summed E-state index contributed by atoms with van der Waals surface area (Å²) < 4.78 is 0. The Morgan fingerprint density at radius 3 is 1.83 bits per heavy atom. The zero-order chi connectivity index (χ0) is 28.9. The van der Waals surface area contributed by atoms with Crippen LogP contribution in [0, 0.1) is 20.2 Å². The molecule has 0 atom stereocenters. The quantitative estimate of drug-likeness (QED) is 0.163. The predicted molar refractivity (Wildman–Crippen MR) is 158 cm³/mol. The Bertz CT molecular complexity index is 2300. The molecule has 0 unspecified atom stereocenters. The van der Waals surface area contributed by atoms with E-state index in [2.05, 4.69) is 0 Å². The topological polar surface area (TPSA) is 120 Å². The third-order valence-corrected chi connectivity index (χ3v) is 8.28. The van der Waals surface area contributed by atoms with Crippen LogP contribution in [0.4, 0.5) is 11.4 Å². The normalized spacial score (nSPS) is 12.8. The number of benzene rings is 6. The molecule has 8 rings (SSSR count). The number of carbonyl (C=O) groups is 2. The summed E-state index contributed by atoms with van der Waals surface area (Å²) in [7, 11) is 0. The van der Waals surface area contributed by atoms with Gasteiger partial charge < -0.3 is 0 Å². The van der Waals surface area contributed by atoms with E-state index in [1.54, 1.807) is 36.4 Å². The van der Waals surface area contributed by atoms with Crippen molar-refractivity contribution in [1.82, 2.24) is 0 Å². The summed E-state index contributed by atoms with van der Waals surface area (Å²) in [6.45, 7) is 0. The van der Waals surface area contributed by atoms with Gasteiger partial charge in [0.15, 0.2) is 5.78 Å². The molecule has 0 radical (unpaired) electrons. The maximum atomic E-state index is 13.5. The molecule has 6 aromatic carbocycles. The van der Waals surface area contributed by atoms with E-state index in [1.807, 2.05) is 42.5 Å². The highest BCUT2D eigenvalue weighted by atomic mass is 16.6. The predicted octanol–water partition coefficient (Wildman–Crippen LogP) is 7.90. The van der Waals surface area contributed by atoms with E-state index in [1.165, 1.54) is 18.2 Å². The molecule has 6 aromatic rings. The second-order valence-electron chi connectivity index (χ2n) is 10.5. The Morgan fingerprint density at radius 2 is 1.12 bits per heavy atom. The molecule has 0 spiro atoms. The van der Waals surface area contributed by atoms with Crippen LogP contribution in [0.3, 0.4) is 0 Å². The van der Waals surface area contributed by atoms with Crippen LogP contribution in [-0.4, -0.2) is 21.4 Å². The highest BCUT2D eigenvalue weighted by Crippen LogP contribution is 2.47. The van der Waals surface area contributed by atoms with Gasteiger partial charge in [-0.25, -0.2) is 0 Å². The number of nitrogens with zero attached hydrogens (tertiary/aromatic N) is 2. The number of carbonyl (C=O) groups excluding carboxylic acids is 2. The van der Waals surface area contributed by atoms with Crippen LogP contribution in [0.25, 0.3) is 54.9 Å². The first-order chi connectivity index (χ1) is 20.3. The molecule has 0 aliphatic heterocycles. The van der Waals surface area contributed by atoms with E-state index in [4.69, 9.17) is 0 Å². The smallest absolute Gasteiger partial charge is 0.281 e. The lowest BCUT2D eigenvalue weighted by Crippen LogP contribution is -2.12. The molecule has 0 fully saturated rings. The third kappa shape index (κ3) is 3.11. The number of nitro groups is 2. The van der Waals surface area contributed by atoms with E-state index in [0.29, 0.717) is 33.0 Å². The van der Waals surface area contributed by atoms with Gasteiger partial charge in [0.25, 0.3) is 11.4 Å². The zero-order valence-electron chi connectivity index (χ0n) is 21.6. The van der Waals surface area contributed by atoms with Crippen molar-refractivity contribution in [3.8, 4) is 33.4 Å². The Labute approximate surface area is 236 Å². The number of hydrogen-bond acceptors (Lipinski definition) is 6. The first-order valence-corrected chi connectivity index (χ1v) is 13.1. The molecule has 8 heteroatoms. The van der Waals surface area contributed by atoms with Crippen molar-refractivity contribution in [2.45, 2.75) is 0 Å². The van der Waals surface area contributed by atoms with Crippen molar-refractivity contribution >= 4 is 44.5 Å². The van der Waals surface area contributed by atoms with E-state index in [0.717, 1.165) is 33.0 Å². The monoisotopic (exact) mass is 548 g/mol. The molecule has 0 saturated carbocycles. The molecule has 0 N–H and O–H groups in total. The molecule has 8 nitrogen and oxygen atoms in total. The van der Waals surface area contributed by atoms with Gasteiger partial charge in [-0.3, -0.25) is 29.8 Å². The largest absolute Gasteiger partial charge is 0.289 e. The Morgan fingerprint density at radius 1 is 0.476 bits per heavy atom. The number of nitro benzene ring substituents is 2. The van der Waals surface area contributed by atoms with Crippen LogP contribution < -0.4 is 0 Å². The van der Waals surface area contributed by atoms with Gasteiger partial charge in [-0.15, -0.1) is 0 Å². The molecular weight excluding hydrogens is 532 g/mol. The summed E-state index contributed by atoms with van der Waals surface area (Å²) in [5, 5.41) is 26.2. The molecular formula is C34H16N2O6. The van der Waals surface area contributed by atoms with Gasteiger partial charge >= 0.3 is 0 Å². The minimum Gasteiger partial charge on any atom is -0.289 e. The van der Waals surface area contributed by atoms with Crippen molar-refractivity contribution in [3.05, 3.63) is 140 Å². The number of ketones is 2. The maximum absolute atomic E-state index is 13.5. The summed E-state index contributed by atoms with van der Waals surface area (Å²) in [4.78, 5) is 49.2. The van der Waals surface area contributed by atoms with E-state index >= 15 is 0 Å². The van der Waals surface area contributed by atoms with E-state index < -0.39 is 9.85 Å². The van der Waals surface area contributed by atoms with E-state index in [-0.39, 0.29) is 34.1 Å². The van der Waals surface area contributed by atoms with Crippen molar-refractivity contribution in [3.63, 3.8) is 0 Å². The first kappa shape index (κ1) is 23.8. The number of hydrogen-bond donors (Lipinski definition) is 0. The number of rotatable bonds is 3. The standard InChI is InChI=1S/C34H16N2O6/c37-33-25-7-3-4-17-12-19(14-26(30(17)25)23-10-9-21(35(39)40)16-28(23)33)20-13-18-8-11-29(36(41)42)32-31(18)27(15-20)22-5-1-2-6-24(22)34(32)38/h1-16H. The van der Waals surface area contributed by atoms with Crippen molar-refractivity contribution in [2.75, 3.05) is 0 Å². The summed E-state index contributed by atoms with van der Waals surface area (Å²) >= 11 is 0. The van der Waals surface area contributed by atoms with Gasteiger partial charge in [-0.05, 0) is 80.6 Å². The van der Waals surface area contributed by atoms with Crippen LogP contribution in [0.15, 0.2) is 97.1 Å². The Hall–Kier alpha value is -6.02. The lowest BCUT2D eigenvalue weighted by atomic mass is 9.79. The summed E-state index contributed by atoms with van der Waals surface area (Å²) in [5.41, 5.74) is 5.37. The summed E-state index contributed by atoms with van der Waals surface area (Å²) in [6.07, 6.45) is 0. The molecule has 2 aliphatic carbocycles. The van der Waals surface area contributed by atoms with Crippen LogP contribution >= 0.6 is 0 Å². The van der Waals surface area contributed by atoms with E-state index in [9.17, 15) is 29.8 Å². The first-order valence-electron chi connectivity index (χ1n) is 13.1. The lowest BCUT2D eigenvalue weighted by Gasteiger charge is -2.23. The number of non-ortho nitro benzene ring substituents is 1. The lowest BCUT2D eigenvalue weighted by molar-refractivity contribution is -0.385. The number of fused-ring (bicyclic) bond motifs is 4. The van der Waals surface area contributed by atoms with Crippen LogP contribution in [0.5, 0.6) is 0 Å². The Balaban J connectivity index is 1.44. The molecule has 42 heavy (non-hydrogen) atoms. The van der Waals surface area contributed by atoms with Crippen molar-refractivity contribution < 1.29 is 19.4 Å². The molecule has 0 heterocycles. The molecule has 0 amide bonds. The van der Waals surface area contributed by atoms with Crippen LogP contribution in [0.1, 0.15) is 31.8 Å². The van der Waals surface area contributed by atoms with Gasteiger partial charge in [0.05, 0.1) is 9.85 Å². The summed E-state index contributed by atoms with van der Waals surface area (Å²) in [6, 6.07) is 27.8. The Kier molecular flexibility index (Phi) is 4.68. The third-order valence-electron chi connectivity index (χ3n) is 8.28. The minimum atomic E-state index is -0.521. The average molecular weight is 549 g/mol. The second kappa shape index (κ2) is 8.25. The van der Waals surface area contributed by atoms with Gasteiger partial charge in [-0.1, -0.05) is 42.5 Å². The highest BCUT2D eigenvalue weighted by Gasteiger charge is 2.33. The molecule has 0 bridgehead atoms. The highest BCUT2D eigenvalue weighted by molar-refractivity contribution is 6.29. The maximum Gasteiger partial charge on any atom is 0.281 e. The van der Waals surface area contributed by atoms with Crippen LogP contribution in [0.2, 0.25) is 0 Å². The zero-order valence-corrected chi connectivity index (χ0v) is 21.6. The molecule has 198 valence electrons.